The molecular weight excluding hydrogens is 849 g/mol. The molecule has 2 amide bonds. The Balaban J connectivity index is 1.40. The Morgan fingerprint density at radius 1 is 0.697 bits per heavy atom. The number of aromatic nitrogens is 4. The molecule has 18 nitrogen and oxygen atoms in total. The third kappa shape index (κ3) is 6.00. The van der Waals surface area contributed by atoms with Crippen LogP contribution < -0.4 is 11.5 Å². The first-order valence-electron chi connectivity index (χ1n) is 22.4. The molecule has 0 radical (unpaired) electrons. The third-order valence-corrected chi connectivity index (χ3v) is 14.1. The van der Waals surface area contributed by atoms with Crippen LogP contribution >= 0.6 is 0 Å². The molecule has 350 valence electrons. The van der Waals surface area contributed by atoms with Crippen molar-refractivity contribution in [3.8, 4) is 0 Å². The largest absolute Gasteiger partial charge is 0.434 e. The van der Waals surface area contributed by atoms with E-state index in [0.29, 0.717) is 38.8 Å². The predicted octanol–water partition coefficient (Wildman–Crippen LogP) is 5.97. The molecule has 6 bridgehead atoms. The number of primary amides is 2. The molecule has 9 rings (SSSR count). The second-order valence-electron chi connectivity index (χ2n) is 20.9. The average molecular weight is 907 g/mol. The van der Waals surface area contributed by atoms with Gasteiger partial charge in [0.1, 0.15) is 0 Å². The van der Waals surface area contributed by atoms with Crippen molar-refractivity contribution in [3.05, 3.63) is 93.6 Å². The number of hydrogen-bond acceptors (Lipinski definition) is 14. The van der Waals surface area contributed by atoms with E-state index in [0.717, 1.165) is 21.8 Å². The van der Waals surface area contributed by atoms with Crippen molar-refractivity contribution < 1.29 is 48.5 Å². The normalized spacial score (nSPS) is 25.7. The molecule has 66 heavy (non-hydrogen) atoms. The minimum Gasteiger partial charge on any atom is -0.434 e. The number of hydrogen-bond donors (Lipinski definition) is 6. The maximum absolute atomic E-state index is 14.8. The number of H-pyrrole nitrogens is 2. The number of aliphatic hydroxyl groups is 1. The quantitative estimate of drug-likeness (QED) is 0.0697. The average Bonchev–Trinajstić information content (AvgIpc) is 3.97. The first-order chi connectivity index (χ1) is 30.8. The number of nitrogens with one attached hydrogen (secondary N) is 2. The van der Waals surface area contributed by atoms with Crippen LogP contribution in [0.3, 0.4) is 0 Å². The van der Waals surface area contributed by atoms with Gasteiger partial charge in [0.15, 0.2) is 17.8 Å². The van der Waals surface area contributed by atoms with Crippen molar-refractivity contribution in [1.82, 2.24) is 30.1 Å². The molecular formula is C48H58N8O10. The Kier molecular flexibility index (Phi) is 10.0. The fourth-order valence-corrected chi connectivity index (χ4v) is 11.5. The first-order valence-corrected chi connectivity index (χ1v) is 22.4. The second kappa shape index (κ2) is 14.7. The molecule has 5 aromatic rings. The number of carbonyl (C=O) groups is 4. The van der Waals surface area contributed by atoms with Crippen molar-refractivity contribution in [1.29, 1.82) is 0 Å². The maximum Gasteiger partial charge on any atom is 0.423 e. The SMILES string of the molecule is CC(C)[C@H](O)C(=O)O[C@]12c3nc4ccc(cc4[nH]3)C1(c1ccc(C34CCN(OC(N)=O)[C@@]3(OC(=O)[C@@H](OC(N)=O)C(C)C)c3nc5ccc4cc5[nH]3)c(C(C)(C)C)c1C(C)(C)C)CCN2O. The topological polar surface area (TPSA) is 262 Å². The molecule has 8 N–H and O–H groups in total. The van der Waals surface area contributed by atoms with E-state index >= 15 is 0 Å². The number of imidazole rings is 2. The second-order valence-corrected chi connectivity index (χ2v) is 20.9. The molecule has 4 aliphatic heterocycles. The highest BCUT2D eigenvalue weighted by atomic mass is 16.8. The van der Waals surface area contributed by atoms with E-state index in [4.69, 9.17) is 40.5 Å². The molecule has 0 saturated carbocycles. The molecule has 3 aromatic carbocycles. The van der Waals surface area contributed by atoms with Gasteiger partial charge in [-0.2, -0.15) is 0 Å². The smallest absolute Gasteiger partial charge is 0.423 e. The van der Waals surface area contributed by atoms with Gasteiger partial charge in [-0.3, -0.25) is 0 Å². The number of nitrogens with zero attached hydrogens (tertiary/aromatic N) is 4. The van der Waals surface area contributed by atoms with Crippen molar-refractivity contribution in [2.45, 2.75) is 127 Å². The summed E-state index contributed by atoms with van der Waals surface area (Å²) in [4.78, 5) is 76.8. The van der Waals surface area contributed by atoms with Gasteiger partial charge in [-0.25, -0.2) is 29.1 Å². The molecule has 2 saturated heterocycles. The third-order valence-electron chi connectivity index (χ3n) is 14.1. The van der Waals surface area contributed by atoms with E-state index in [9.17, 15) is 29.5 Å². The zero-order chi connectivity index (χ0) is 47.8. The van der Waals surface area contributed by atoms with Gasteiger partial charge in [0.05, 0.1) is 32.9 Å². The molecule has 2 unspecified atom stereocenters. The van der Waals surface area contributed by atoms with Crippen molar-refractivity contribution in [2.75, 3.05) is 13.1 Å². The van der Waals surface area contributed by atoms with E-state index in [1.165, 1.54) is 5.06 Å². The molecule has 4 aliphatic rings. The maximum atomic E-state index is 14.8. The summed E-state index contributed by atoms with van der Waals surface area (Å²) in [5.74, 6) is -2.70. The Morgan fingerprint density at radius 2 is 1.18 bits per heavy atom. The van der Waals surface area contributed by atoms with Crippen LogP contribution in [-0.4, -0.2) is 89.8 Å². The lowest BCUT2D eigenvalue weighted by Crippen LogP contribution is -2.60. The van der Waals surface area contributed by atoms with E-state index in [1.54, 1.807) is 27.7 Å². The Bertz CT molecular complexity index is 2850. The standard InChI is InChI=1S/C48H58N8O10/c1-23(2)35(57)37(58)64-47-39-51-29-15-11-25(21-31(29)53-39)45(47,17-19-55(47)62)27-13-14-28(34(44(8,9)10)33(27)43(5,6)7)46-18-20-56(66-42(50)61)48(46,65-38(59)36(24(3)4)63-41(49)60)40-52-30-16-12-26(46)22-32(30)54-40/h11-16,21-24,35-36,57,62H,17-20H2,1-10H3,(H2,49,60)(H2,50,61)(H,51,53)(H,52,54)/t35-,36-,45?,46?,47+,48+/m0/s1. The number of fused-ring (bicyclic) bond motifs is 10. The highest BCUT2D eigenvalue weighted by molar-refractivity contribution is 5.83. The van der Waals surface area contributed by atoms with Crippen LogP contribution in [0.5, 0.6) is 0 Å². The van der Waals surface area contributed by atoms with Crippen LogP contribution in [0.1, 0.15) is 127 Å². The monoisotopic (exact) mass is 906 g/mol. The van der Waals surface area contributed by atoms with Gasteiger partial charge in [-0.15, -0.1) is 5.06 Å². The molecule has 6 atom stereocenters. The Morgan fingerprint density at radius 3 is 1.65 bits per heavy atom. The van der Waals surface area contributed by atoms with Gasteiger partial charge in [0.2, 0.25) is 6.10 Å². The number of aliphatic hydroxyl groups excluding tert-OH is 1. The molecule has 0 aliphatic carbocycles. The van der Waals surface area contributed by atoms with E-state index in [1.807, 2.05) is 48.5 Å². The van der Waals surface area contributed by atoms with Crippen LogP contribution in [0, 0.1) is 11.8 Å². The highest BCUT2D eigenvalue weighted by Gasteiger charge is 2.73. The van der Waals surface area contributed by atoms with Crippen molar-refractivity contribution >= 4 is 46.2 Å². The van der Waals surface area contributed by atoms with Gasteiger partial charge in [-0.1, -0.05) is 98.6 Å². The van der Waals surface area contributed by atoms with Crippen LogP contribution in [-0.2, 0) is 61.7 Å². The number of carbonyl (C=O) groups excluding carboxylic acids is 4. The summed E-state index contributed by atoms with van der Waals surface area (Å²) in [6.45, 7) is 19.3. The summed E-state index contributed by atoms with van der Waals surface area (Å²) < 4.78 is 18.8. The van der Waals surface area contributed by atoms with Crippen LogP contribution in [0.2, 0.25) is 0 Å². The minimum absolute atomic E-state index is 0.00670. The molecule has 2 aromatic heterocycles. The first kappa shape index (κ1) is 45.1. The number of aromatic amines is 2. The highest BCUT2D eigenvalue weighted by Crippen LogP contribution is 2.65. The fraction of sp³-hybridized carbons (Fsp3) is 0.500. The summed E-state index contributed by atoms with van der Waals surface area (Å²) >= 11 is 0. The number of esters is 2. The summed E-state index contributed by atoms with van der Waals surface area (Å²) in [5.41, 5.74) is 9.81. The number of hydroxylamine groups is 4. The van der Waals surface area contributed by atoms with Crippen LogP contribution in [0.15, 0.2) is 48.5 Å². The van der Waals surface area contributed by atoms with Gasteiger partial charge < -0.3 is 50.8 Å². The summed E-state index contributed by atoms with van der Waals surface area (Å²) in [6.07, 6.45) is -4.93. The zero-order valence-electron chi connectivity index (χ0n) is 38.9. The minimum atomic E-state index is -2.11. The van der Waals surface area contributed by atoms with Crippen LogP contribution in [0.25, 0.3) is 22.1 Å². The van der Waals surface area contributed by atoms with Crippen molar-refractivity contribution in [3.63, 3.8) is 0 Å². The van der Waals surface area contributed by atoms with E-state index in [2.05, 4.69) is 51.5 Å². The zero-order valence-corrected chi connectivity index (χ0v) is 38.9. The number of rotatable bonds is 10. The number of nitrogens with two attached hydrogens (primary N) is 2. The molecule has 2 fully saturated rings. The fourth-order valence-electron chi connectivity index (χ4n) is 11.5. The van der Waals surface area contributed by atoms with Gasteiger partial charge in [0.25, 0.3) is 11.4 Å². The Labute approximate surface area is 381 Å². The molecule has 6 heterocycles. The van der Waals surface area contributed by atoms with E-state index < -0.39 is 81.3 Å². The van der Waals surface area contributed by atoms with Gasteiger partial charge in [0, 0.05) is 19.0 Å². The van der Waals surface area contributed by atoms with Crippen molar-refractivity contribution in [2.24, 2.45) is 23.3 Å². The lowest BCUT2D eigenvalue weighted by atomic mass is 9.56. The number of ether oxygens (including phenoxy) is 3. The summed E-state index contributed by atoms with van der Waals surface area (Å²) in [6, 6.07) is 15.5. The lowest BCUT2D eigenvalue weighted by Gasteiger charge is -2.51. The molecule has 18 heteroatoms. The van der Waals surface area contributed by atoms with Gasteiger partial charge >= 0.3 is 24.1 Å². The Hall–Kier alpha value is -6.08. The van der Waals surface area contributed by atoms with Crippen LogP contribution in [0.4, 0.5) is 9.59 Å². The predicted molar refractivity (Wildman–Crippen MR) is 238 cm³/mol. The lowest BCUT2D eigenvalue weighted by molar-refractivity contribution is -0.281. The molecule has 0 spiro atoms. The summed E-state index contributed by atoms with van der Waals surface area (Å²) in [7, 11) is 0. The van der Waals surface area contributed by atoms with Gasteiger partial charge in [-0.05, 0) is 87.2 Å². The van der Waals surface area contributed by atoms with E-state index in [-0.39, 0.29) is 37.6 Å². The number of benzene rings is 3. The number of amides is 2. The summed E-state index contributed by atoms with van der Waals surface area (Å²) in [5, 5.41) is 25.9.